The van der Waals surface area contributed by atoms with Crippen LogP contribution in [0.3, 0.4) is 0 Å². The Balaban J connectivity index is 1.60. The molecule has 27 heavy (non-hydrogen) atoms. The number of rotatable bonds is 4. The van der Waals surface area contributed by atoms with Crippen molar-refractivity contribution >= 4 is 0 Å². The lowest BCUT2D eigenvalue weighted by Crippen LogP contribution is -2.41. The number of ether oxygens (including phenoxy) is 2. The topological polar surface area (TPSA) is 64.7 Å². The highest BCUT2D eigenvalue weighted by atomic mass is 16.5. The van der Waals surface area contributed by atoms with E-state index in [1.807, 2.05) is 0 Å². The van der Waals surface area contributed by atoms with Crippen LogP contribution in [0.15, 0.2) is 30.3 Å². The summed E-state index contributed by atoms with van der Waals surface area (Å²) in [6.45, 7) is 5.76. The summed E-state index contributed by atoms with van der Waals surface area (Å²) in [6, 6.07) is 10.8. The Morgan fingerprint density at radius 3 is 2.59 bits per heavy atom. The third-order valence-corrected chi connectivity index (χ3v) is 6.02. The Bertz CT molecular complexity index is 817. The smallest absolute Gasteiger partial charge is 0.120 e. The first kappa shape index (κ1) is 18.5. The first-order valence-corrected chi connectivity index (χ1v) is 9.89. The number of nitrogens with two attached hydrogens (primary N) is 1. The van der Waals surface area contributed by atoms with E-state index in [1.54, 1.807) is 0 Å². The quantitative estimate of drug-likeness (QED) is 0.862. The van der Waals surface area contributed by atoms with Gasteiger partial charge in [0.15, 0.2) is 0 Å². The second kappa shape index (κ2) is 7.27. The molecule has 4 rings (SSSR count). The van der Waals surface area contributed by atoms with Crippen LogP contribution in [-0.2, 0) is 11.2 Å². The second-order valence-electron chi connectivity index (χ2n) is 8.08. The predicted octanol–water partition coefficient (Wildman–Crippen LogP) is 3.84. The molecule has 1 atom stereocenters. The van der Waals surface area contributed by atoms with Crippen LogP contribution in [0.2, 0.25) is 0 Å². The first-order valence-electron chi connectivity index (χ1n) is 9.89. The fourth-order valence-corrected chi connectivity index (χ4v) is 4.47. The zero-order valence-electron chi connectivity index (χ0n) is 16.3. The molecule has 0 unspecified atom stereocenters. The molecule has 0 radical (unpaired) electrons. The van der Waals surface area contributed by atoms with Crippen LogP contribution < -0.4 is 10.5 Å². The molecular formula is C23H29NO3. The maximum atomic E-state index is 10.6. The van der Waals surface area contributed by atoms with E-state index in [2.05, 4.69) is 44.2 Å². The standard InChI is InChI=1S/C23H29NO3/c1-15-12-17(27-14-23(25)8-10-26-11-9-23)13-16(2)22(15)20-5-3-4-19-18(20)6-7-21(19)24/h3-5,12-13,21,25H,6-11,14,24H2,1-2H3/t21-/m1/s1. The Morgan fingerprint density at radius 1 is 1.19 bits per heavy atom. The van der Waals surface area contributed by atoms with Crippen molar-refractivity contribution in [3.05, 3.63) is 52.6 Å². The molecule has 0 bridgehead atoms. The average molecular weight is 367 g/mol. The maximum absolute atomic E-state index is 10.6. The molecule has 0 saturated carbocycles. The Labute approximate surface area is 161 Å². The van der Waals surface area contributed by atoms with Gasteiger partial charge in [0.25, 0.3) is 0 Å². The third-order valence-electron chi connectivity index (χ3n) is 6.02. The average Bonchev–Trinajstić information content (AvgIpc) is 3.02. The molecule has 0 spiro atoms. The minimum Gasteiger partial charge on any atom is -0.491 e. The van der Waals surface area contributed by atoms with E-state index in [0.717, 1.165) is 18.6 Å². The molecule has 1 saturated heterocycles. The van der Waals surface area contributed by atoms with Crippen molar-refractivity contribution in [2.45, 2.75) is 51.2 Å². The van der Waals surface area contributed by atoms with E-state index in [4.69, 9.17) is 15.2 Å². The van der Waals surface area contributed by atoms with Gasteiger partial charge in [0.1, 0.15) is 18.0 Å². The SMILES string of the molecule is Cc1cc(OCC2(O)CCOCC2)cc(C)c1-c1cccc2c1CC[C@H]2N. The van der Waals surface area contributed by atoms with Crippen molar-refractivity contribution in [3.63, 3.8) is 0 Å². The molecule has 144 valence electrons. The van der Waals surface area contributed by atoms with Gasteiger partial charge in [-0.15, -0.1) is 0 Å². The fraction of sp³-hybridized carbons (Fsp3) is 0.478. The number of hydrogen-bond acceptors (Lipinski definition) is 4. The van der Waals surface area contributed by atoms with Gasteiger partial charge in [-0.25, -0.2) is 0 Å². The zero-order chi connectivity index (χ0) is 19.0. The van der Waals surface area contributed by atoms with Gasteiger partial charge in [0.2, 0.25) is 0 Å². The Hall–Kier alpha value is -1.88. The van der Waals surface area contributed by atoms with Crippen LogP contribution >= 0.6 is 0 Å². The van der Waals surface area contributed by atoms with Crippen LogP contribution in [0, 0.1) is 13.8 Å². The third kappa shape index (κ3) is 3.62. The predicted molar refractivity (Wildman–Crippen MR) is 107 cm³/mol. The molecule has 2 aliphatic rings. The maximum Gasteiger partial charge on any atom is 0.120 e. The van der Waals surface area contributed by atoms with E-state index in [1.165, 1.54) is 33.4 Å². The van der Waals surface area contributed by atoms with Gasteiger partial charge < -0.3 is 20.3 Å². The summed E-state index contributed by atoms with van der Waals surface area (Å²) < 4.78 is 11.3. The molecule has 4 heteroatoms. The number of fused-ring (bicyclic) bond motifs is 1. The molecule has 1 fully saturated rings. The van der Waals surface area contributed by atoms with Crippen LogP contribution in [0.5, 0.6) is 5.75 Å². The van der Waals surface area contributed by atoms with Crippen LogP contribution in [0.4, 0.5) is 0 Å². The highest BCUT2D eigenvalue weighted by Crippen LogP contribution is 2.40. The summed E-state index contributed by atoms with van der Waals surface area (Å²) in [6.07, 6.45) is 3.31. The number of aryl methyl sites for hydroxylation is 2. The lowest BCUT2D eigenvalue weighted by molar-refractivity contribution is -0.0855. The van der Waals surface area contributed by atoms with Crippen LogP contribution in [0.1, 0.15) is 47.6 Å². The molecule has 1 aliphatic carbocycles. The summed E-state index contributed by atoms with van der Waals surface area (Å²) >= 11 is 0. The number of hydrogen-bond donors (Lipinski definition) is 2. The molecule has 4 nitrogen and oxygen atoms in total. The second-order valence-corrected chi connectivity index (χ2v) is 8.08. The van der Waals surface area contributed by atoms with Crippen molar-refractivity contribution in [2.75, 3.05) is 19.8 Å². The Morgan fingerprint density at radius 2 is 1.89 bits per heavy atom. The first-order chi connectivity index (χ1) is 13.0. The molecule has 2 aromatic carbocycles. The van der Waals surface area contributed by atoms with E-state index in [0.29, 0.717) is 32.7 Å². The highest BCUT2D eigenvalue weighted by molar-refractivity contribution is 5.76. The zero-order valence-corrected chi connectivity index (χ0v) is 16.3. The van der Waals surface area contributed by atoms with Gasteiger partial charge in [-0.1, -0.05) is 18.2 Å². The minimum atomic E-state index is -0.783. The summed E-state index contributed by atoms with van der Waals surface area (Å²) in [7, 11) is 0. The van der Waals surface area contributed by atoms with Gasteiger partial charge in [-0.3, -0.25) is 0 Å². The van der Waals surface area contributed by atoms with Crippen molar-refractivity contribution in [3.8, 4) is 16.9 Å². The van der Waals surface area contributed by atoms with Gasteiger partial charge in [-0.2, -0.15) is 0 Å². The molecular weight excluding hydrogens is 338 g/mol. The normalized spacial score (nSPS) is 21.1. The van der Waals surface area contributed by atoms with E-state index in [9.17, 15) is 5.11 Å². The van der Waals surface area contributed by atoms with Crippen LogP contribution in [-0.4, -0.2) is 30.5 Å². The molecule has 0 aromatic heterocycles. The van der Waals surface area contributed by atoms with Crippen molar-refractivity contribution in [2.24, 2.45) is 5.73 Å². The lowest BCUT2D eigenvalue weighted by atomic mass is 9.90. The van der Waals surface area contributed by atoms with E-state index in [-0.39, 0.29) is 6.04 Å². The fourth-order valence-electron chi connectivity index (χ4n) is 4.47. The van der Waals surface area contributed by atoms with Gasteiger partial charge >= 0.3 is 0 Å². The highest BCUT2D eigenvalue weighted by Gasteiger charge is 2.31. The Kier molecular flexibility index (Phi) is 4.97. The summed E-state index contributed by atoms with van der Waals surface area (Å²) in [5, 5.41) is 10.6. The summed E-state index contributed by atoms with van der Waals surface area (Å²) in [5.74, 6) is 0.818. The summed E-state index contributed by atoms with van der Waals surface area (Å²) in [4.78, 5) is 0. The largest absolute Gasteiger partial charge is 0.491 e. The van der Waals surface area contributed by atoms with Crippen molar-refractivity contribution in [1.29, 1.82) is 0 Å². The molecule has 2 aromatic rings. The molecule has 0 amide bonds. The lowest BCUT2D eigenvalue weighted by Gasteiger charge is -2.31. The minimum absolute atomic E-state index is 0.156. The van der Waals surface area contributed by atoms with E-state index < -0.39 is 5.60 Å². The van der Waals surface area contributed by atoms with Gasteiger partial charge in [-0.05, 0) is 72.2 Å². The van der Waals surface area contributed by atoms with Gasteiger partial charge in [0.05, 0.1) is 0 Å². The van der Waals surface area contributed by atoms with Gasteiger partial charge in [0, 0.05) is 32.1 Å². The molecule has 3 N–H and O–H groups in total. The van der Waals surface area contributed by atoms with Crippen molar-refractivity contribution in [1.82, 2.24) is 0 Å². The summed E-state index contributed by atoms with van der Waals surface area (Å²) in [5.41, 5.74) is 13.1. The number of benzene rings is 2. The van der Waals surface area contributed by atoms with E-state index >= 15 is 0 Å². The monoisotopic (exact) mass is 367 g/mol. The van der Waals surface area contributed by atoms with Crippen molar-refractivity contribution < 1.29 is 14.6 Å². The molecule has 1 aliphatic heterocycles. The molecule has 1 heterocycles. The van der Waals surface area contributed by atoms with Crippen LogP contribution in [0.25, 0.3) is 11.1 Å². The number of aliphatic hydroxyl groups is 1.